The molecule has 0 aromatic heterocycles. The number of methoxy groups -OCH3 is 2. The van der Waals surface area contributed by atoms with E-state index in [4.69, 9.17) is 18.9 Å². The Morgan fingerprint density at radius 2 is 1.67 bits per heavy atom. The van der Waals surface area contributed by atoms with Gasteiger partial charge in [0.2, 0.25) is 5.91 Å². The molecule has 3 aromatic rings. The van der Waals surface area contributed by atoms with Gasteiger partial charge in [0.25, 0.3) is 0 Å². The molecule has 1 heterocycles. The Kier molecular flexibility index (Phi) is 13.2. The van der Waals surface area contributed by atoms with Gasteiger partial charge in [-0.25, -0.2) is 14.0 Å². The highest BCUT2D eigenvalue weighted by atomic mass is 19.4. The van der Waals surface area contributed by atoms with Gasteiger partial charge in [-0.3, -0.25) is 4.79 Å². The van der Waals surface area contributed by atoms with Gasteiger partial charge in [-0.05, 0) is 48.2 Å². The molecule has 3 amide bonds. The first-order valence-corrected chi connectivity index (χ1v) is 15.4. The quantitative estimate of drug-likeness (QED) is 0.186. The van der Waals surface area contributed by atoms with E-state index in [1.807, 2.05) is 30.3 Å². The highest BCUT2D eigenvalue weighted by Gasteiger charge is 2.34. The van der Waals surface area contributed by atoms with Crippen molar-refractivity contribution in [1.82, 2.24) is 16.0 Å². The van der Waals surface area contributed by atoms with Gasteiger partial charge in [-0.1, -0.05) is 48.5 Å². The predicted molar refractivity (Wildman–Crippen MR) is 171 cm³/mol. The maximum Gasteiger partial charge on any atom is 0.407 e. The topological polar surface area (TPSA) is 136 Å². The number of morpholine rings is 1. The van der Waals surface area contributed by atoms with Crippen molar-refractivity contribution in [2.75, 3.05) is 45.8 Å². The lowest BCUT2D eigenvalue weighted by atomic mass is 9.84. The number of amides is 3. The minimum atomic E-state index is -4.55. The second-order valence-electron chi connectivity index (χ2n) is 11.2. The lowest BCUT2D eigenvalue weighted by Gasteiger charge is -2.30. The second kappa shape index (κ2) is 17.5. The summed E-state index contributed by atoms with van der Waals surface area (Å²) < 4.78 is 72.8. The number of carbonyl (C=O) groups excluding carboxylic acids is 3. The number of rotatable bonds is 13. The van der Waals surface area contributed by atoms with Crippen LogP contribution in [0.15, 0.2) is 72.8 Å². The largest absolute Gasteiger partial charge is 0.497 e. The zero-order chi connectivity index (χ0) is 35.4. The van der Waals surface area contributed by atoms with Gasteiger partial charge in [-0.2, -0.15) is 13.2 Å². The van der Waals surface area contributed by atoms with Crippen LogP contribution in [0.25, 0.3) is 0 Å². The van der Waals surface area contributed by atoms with Gasteiger partial charge in [0.1, 0.15) is 30.8 Å². The van der Waals surface area contributed by atoms with Crippen molar-refractivity contribution < 1.29 is 50.9 Å². The summed E-state index contributed by atoms with van der Waals surface area (Å²) in [6.45, 7) is -1.30. The maximum absolute atomic E-state index is 15.2. The van der Waals surface area contributed by atoms with E-state index < -0.39 is 54.6 Å². The van der Waals surface area contributed by atoms with Crippen LogP contribution in [0.1, 0.15) is 29.0 Å². The molecular formula is C34H38F4N4O7. The molecular weight excluding hydrogens is 652 g/mol. The van der Waals surface area contributed by atoms with Crippen LogP contribution in [-0.2, 0) is 25.4 Å². The van der Waals surface area contributed by atoms with Crippen LogP contribution in [0.2, 0.25) is 0 Å². The van der Waals surface area contributed by atoms with Crippen LogP contribution in [0, 0.1) is 5.82 Å². The average Bonchev–Trinajstić information content (AvgIpc) is 3.10. The second-order valence-corrected chi connectivity index (χ2v) is 11.2. The number of hydrogen-bond donors (Lipinski definition) is 4. The number of anilines is 1. The number of nitrogens with one attached hydrogen (secondary N) is 4. The van der Waals surface area contributed by atoms with E-state index >= 15 is 4.39 Å². The summed E-state index contributed by atoms with van der Waals surface area (Å²) in [5.74, 6) is -1.22. The summed E-state index contributed by atoms with van der Waals surface area (Å²) in [5, 5.41) is 10.2. The minimum Gasteiger partial charge on any atom is -0.497 e. The summed E-state index contributed by atoms with van der Waals surface area (Å²) >= 11 is 0. The van der Waals surface area contributed by atoms with Crippen LogP contribution in [0.4, 0.5) is 32.8 Å². The Hall–Kier alpha value is -4.89. The van der Waals surface area contributed by atoms with E-state index in [2.05, 4.69) is 16.0 Å². The fourth-order valence-electron chi connectivity index (χ4n) is 5.34. The first-order valence-electron chi connectivity index (χ1n) is 15.4. The van der Waals surface area contributed by atoms with Crippen molar-refractivity contribution in [3.63, 3.8) is 0 Å². The number of alkyl halides is 3. The van der Waals surface area contributed by atoms with E-state index in [0.29, 0.717) is 24.3 Å². The molecule has 0 unspecified atom stereocenters. The molecule has 49 heavy (non-hydrogen) atoms. The van der Waals surface area contributed by atoms with E-state index in [1.54, 1.807) is 35.6 Å². The molecule has 1 fully saturated rings. The number of carbonyl (C=O) groups is 3. The summed E-state index contributed by atoms with van der Waals surface area (Å²) in [6.07, 6.45) is -6.43. The van der Waals surface area contributed by atoms with Crippen LogP contribution in [0.5, 0.6) is 5.75 Å². The van der Waals surface area contributed by atoms with Crippen molar-refractivity contribution in [2.45, 2.75) is 43.1 Å². The standard InChI is InChI=1S/C34H38F4N4O7/c1-46-24-13-11-22(12-14-24)29(21-7-4-3-5-8-21)30(42-33(45)47-2)31(43)41-28-10-6-9-27(35)26(28)16-15-25-17-39-23(18-48-25)19-49-32(44)40-20-34(36,37)38/h3-14,23,25,29-30,39H,15-20H2,1-2H3,(H,40,44)(H,41,43)(H,42,45)/t23-,25+,29+,30-/m0/s1. The summed E-state index contributed by atoms with van der Waals surface area (Å²) in [6, 6.07) is 18.9. The smallest absolute Gasteiger partial charge is 0.407 e. The molecule has 1 aliphatic heterocycles. The van der Waals surface area contributed by atoms with Crippen LogP contribution < -0.4 is 26.0 Å². The van der Waals surface area contributed by atoms with Gasteiger partial charge in [0, 0.05) is 23.7 Å². The van der Waals surface area contributed by atoms with Crippen molar-refractivity contribution in [1.29, 1.82) is 0 Å². The van der Waals surface area contributed by atoms with Crippen LogP contribution in [0.3, 0.4) is 0 Å². The highest BCUT2D eigenvalue weighted by molar-refractivity contribution is 5.98. The molecule has 11 nitrogen and oxygen atoms in total. The summed E-state index contributed by atoms with van der Waals surface area (Å²) in [4.78, 5) is 38.1. The van der Waals surface area contributed by atoms with Gasteiger partial charge in [-0.15, -0.1) is 0 Å². The normalized spacial score (nSPS) is 17.3. The molecule has 15 heteroatoms. The molecule has 0 aliphatic carbocycles. The monoisotopic (exact) mass is 690 g/mol. The molecule has 4 N–H and O–H groups in total. The molecule has 4 rings (SSSR count). The third-order valence-corrected chi connectivity index (χ3v) is 7.82. The molecule has 0 bridgehead atoms. The molecule has 1 saturated heterocycles. The Balaban J connectivity index is 1.44. The Morgan fingerprint density at radius 3 is 2.31 bits per heavy atom. The maximum atomic E-state index is 15.2. The van der Waals surface area contributed by atoms with Crippen molar-refractivity contribution in [3.8, 4) is 5.75 Å². The number of halogens is 4. The van der Waals surface area contributed by atoms with Crippen LogP contribution >= 0.6 is 0 Å². The van der Waals surface area contributed by atoms with Gasteiger partial charge >= 0.3 is 18.4 Å². The molecule has 3 aromatic carbocycles. The fraction of sp³-hybridized carbons (Fsp3) is 0.382. The summed E-state index contributed by atoms with van der Waals surface area (Å²) in [5.41, 5.74) is 1.87. The van der Waals surface area contributed by atoms with E-state index in [0.717, 1.165) is 5.56 Å². The minimum absolute atomic E-state index is 0.102. The Labute approximate surface area is 280 Å². The SMILES string of the molecule is COC(=O)N[C@H](C(=O)Nc1cccc(F)c1CC[C@@H]1CN[C@H](COC(=O)NCC(F)(F)F)CO1)[C@H](c1ccccc1)c1ccc(OC)cc1. The summed E-state index contributed by atoms with van der Waals surface area (Å²) in [7, 11) is 2.72. The lowest BCUT2D eigenvalue weighted by Crippen LogP contribution is -2.49. The highest BCUT2D eigenvalue weighted by Crippen LogP contribution is 2.31. The van der Waals surface area contributed by atoms with Gasteiger partial charge < -0.3 is 40.2 Å². The van der Waals surface area contributed by atoms with Gasteiger partial charge in [0.05, 0.1) is 33.0 Å². The third kappa shape index (κ3) is 11.1. The van der Waals surface area contributed by atoms with Crippen molar-refractivity contribution in [2.24, 2.45) is 0 Å². The number of ether oxygens (including phenoxy) is 4. The molecule has 0 saturated carbocycles. The molecule has 4 atom stereocenters. The Bertz CT molecular complexity index is 1540. The van der Waals surface area contributed by atoms with Crippen molar-refractivity contribution in [3.05, 3.63) is 95.3 Å². The first-order chi connectivity index (χ1) is 23.5. The zero-order valence-corrected chi connectivity index (χ0v) is 26.8. The molecule has 0 spiro atoms. The fourth-order valence-corrected chi connectivity index (χ4v) is 5.34. The van der Waals surface area contributed by atoms with E-state index in [1.165, 1.54) is 26.4 Å². The number of alkyl carbamates (subject to hydrolysis) is 2. The third-order valence-electron chi connectivity index (χ3n) is 7.82. The van der Waals surface area contributed by atoms with Gasteiger partial charge in [0.15, 0.2) is 0 Å². The van der Waals surface area contributed by atoms with Crippen LogP contribution in [-0.4, -0.2) is 83.0 Å². The van der Waals surface area contributed by atoms with Crippen molar-refractivity contribution >= 4 is 23.8 Å². The number of hydrogen-bond acceptors (Lipinski definition) is 8. The van der Waals surface area contributed by atoms with E-state index in [9.17, 15) is 27.6 Å². The molecule has 0 radical (unpaired) electrons. The average molecular weight is 691 g/mol. The number of benzene rings is 3. The first kappa shape index (κ1) is 36.9. The Morgan fingerprint density at radius 1 is 0.959 bits per heavy atom. The van der Waals surface area contributed by atoms with E-state index in [-0.39, 0.29) is 37.0 Å². The molecule has 264 valence electrons. The lowest BCUT2D eigenvalue weighted by molar-refractivity contribution is -0.124. The zero-order valence-electron chi connectivity index (χ0n) is 26.8. The predicted octanol–water partition coefficient (Wildman–Crippen LogP) is 4.91. The molecule has 1 aliphatic rings.